The lowest BCUT2D eigenvalue weighted by Gasteiger charge is -2.26. The second-order valence-electron chi connectivity index (χ2n) is 8.20. The Kier molecular flexibility index (Phi) is 6.22. The maximum atomic E-state index is 4.84. The summed E-state index contributed by atoms with van der Waals surface area (Å²) in [5.41, 5.74) is 3.83. The molecule has 0 aliphatic carbocycles. The summed E-state index contributed by atoms with van der Waals surface area (Å²) < 4.78 is 0. The van der Waals surface area contributed by atoms with Crippen molar-refractivity contribution in [2.45, 2.75) is 29.4 Å². The Labute approximate surface area is 200 Å². The Morgan fingerprint density at radius 1 is 0.469 bits per heavy atom. The molecule has 32 heavy (non-hydrogen) atoms. The molecule has 1 nitrogen and oxygen atoms in total. The van der Waals surface area contributed by atoms with Crippen LogP contribution in [0.4, 0.5) is 0 Å². The third kappa shape index (κ3) is 4.42. The number of fused-ring (bicyclic) bond motifs is 2. The molecule has 5 rings (SSSR count). The first-order valence-corrected chi connectivity index (χ1v) is 11.7. The van der Waals surface area contributed by atoms with Gasteiger partial charge in [-0.1, -0.05) is 91.0 Å². The van der Waals surface area contributed by atoms with Crippen molar-refractivity contribution < 1.29 is 0 Å². The molecule has 0 N–H and O–H groups in total. The van der Waals surface area contributed by atoms with Crippen molar-refractivity contribution in [2.24, 2.45) is 0 Å². The van der Waals surface area contributed by atoms with Gasteiger partial charge in [0.2, 0.25) is 0 Å². The molecule has 3 heteroatoms. The summed E-state index contributed by atoms with van der Waals surface area (Å²) in [6.45, 7) is 2.48. The van der Waals surface area contributed by atoms with Crippen molar-refractivity contribution in [3.8, 4) is 0 Å². The molecule has 158 valence electrons. The number of nitrogens with zero attached hydrogens (tertiary/aromatic N) is 1. The third-order valence-corrected chi connectivity index (χ3v) is 6.88. The SMILES string of the molecule is Sc1ccc2ccccc2c1CN(Cc1ccccc1)Cc1c(S)ccc2ccccc12. The van der Waals surface area contributed by atoms with Crippen molar-refractivity contribution in [3.63, 3.8) is 0 Å². The summed E-state index contributed by atoms with van der Waals surface area (Å²) >= 11 is 9.68. The molecule has 0 aliphatic heterocycles. The predicted octanol–water partition coefficient (Wildman–Crippen LogP) is 7.77. The molecule has 0 saturated heterocycles. The fraction of sp³-hybridized carbons (Fsp3) is 0.103. The number of benzene rings is 5. The van der Waals surface area contributed by atoms with E-state index in [1.165, 1.54) is 38.2 Å². The van der Waals surface area contributed by atoms with E-state index in [9.17, 15) is 0 Å². The van der Waals surface area contributed by atoms with Crippen LogP contribution in [0.5, 0.6) is 0 Å². The van der Waals surface area contributed by atoms with E-state index in [0.29, 0.717) is 0 Å². The van der Waals surface area contributed by atoms with E-state index in [-0.39, 0.29) is 0 Å². The van der Waals surface area contributed by atoms with E-state index in [2.05, 4.69) is 108 Å². The number of thiol groups is 2. The van der Waals surface area contributed by atoms with Crippen molar-refractivity contribution >= 4 is 46.8 Å². The molecule has 0 saturated carbocycles. The van der Waals surface area contributed by atoms with Gasteiger partial charge in [-0.3, -0.25) is 4.90 Å². The van der Waals surface area contributed by atoms with Gasteiger partial charge in [0, 0.05) is 29.4 Å². The van der Waals surface area contributed by atoms with Crippen LogP contribution in [0.15, 0.2) is 113 Å². The van der Waals surface area contributed by atoms with Crippen LogP contribution in [0.2, 0.25) is 0 Å². The molecular weight excluding hydrogens is 426 g/mol. The monoisotopic (exact) mass is 451 g/mol. The van der Waals surface area contributed by atoms with E-state index in [4.69, 9.17) is 25.3 Å². The van der Waals surface area contributed by atoms with Gasteiger partial charge in [-0.2, -0.15) is 0 Å². The van der Waals surface area contributed by atoms with Gasteiger partial charge in [-0.15, -0.1) is 25.3 Å². The average molecular weight is 452 g/mol. The molecule has 0 spiro atoms. The van der Waals surface area contributed by atoms with Crippen LogP contribution in [0.25, 0.3) is 21.5 Å². The van der Waals surface area contributed by atoms with E-state index >= 15 is 0 Å². The molecule has 0 heterocycles. The Bertz CT molecular complexity index is 1290. The molecule has 5 aromatic carbocycles. The largest absolute Gasteiger partial charge is 0.290 e. The highest BCUT2D eigenvalue weighted by atomic mass is 32.1. The fourth-order valence-corrected chi connectivity index (χ4v) is 4.97. The first-order valence-electron chi connectivity index (χ1n) is 10.8. The third-order valence-electron chi connectivity index (χ3n) is 6.04. The van der Waals surface area contributed by atoms with Crippen LogP contribution in [0.1, 0.15) is 16.7 Å². The summed E-state index contributed by atoms with van der Waals surface area (Å²) in [6, 6.07) is 36.4. The fourth-order valence-electron chi connectivity index (χ4n) is 4.44. The zero-order valence-electron chi connectivity index (χ0n) is 17.8. The van der Waals surface area contributed by atoms with Gasteiger partial charge in [0.05, 0.1) is 0 Å². The summed E-state index contributed by atoms with van der Waals surface area (Å²) in [7, 11) is 0. The molecule has 0 unspecified atom stereocenters. The molecule has 0 aliphatic rings. The molecule has 0 atom stereocenters. The number of hydrogen-bond acceptors (Lipinski definition) is 3. The summed E-state index contributed by atoms with van der Waals surface area (Å²) in [5.74, 6) is 0. The molecule has 0 aromatic heterocycles. The summed E-state index contributed by atoms with van der Waals surface area (Å²) in [4.78, 5) is 4.56. The van der Waals surface area contributed by atoms with Gasteiger partial charge in [0.1, 0.15) is 0 Å². The van der Waals surface area contributed by atoms with Crippen LogP contribution in [-0.4, -0.2) is 4.90 Å². The minimum Gasteiger partial charge on any atom is -0.290 e. The van der Waals surface area contributed by atoms with Gasteiger partial charge in [-0.05, 0) is 50.4 Å². The standard InChI is InChI=1S/C29H25NS2/c31-28-16-14-22-10-4-6-12-24(22)26(28)19-30(18-21-8-2-1-3-9-21)20-27-25-13-7-5-11-23(25)15-17-29(27)32/h1-17,31-32H,18-20H2. The topological polar surface area (TPSA) is 3.24 Å². The van der Waals surface area contributed by atoms with E-state index < -0.39 is 0 Å². The van der Waals surface area contributed by atoms with E-state index in [0.717, 1.165) is 29.4 Å². The van der Waals surface area contributed by atoms with Crippen LogP contribution < -0.4 is 0 Å². The lowest BCUT2D eigenvalue weighted by Crippen LogP contribution is -2.23. The summed E-state index contributed by atoms with van der Waals surface area (Å²) in [6.07, 6.45) is 0. The highest BCUT2D eigenvalue weighted by Gasteiger charge is 2.15. The first-order chi connectivity index (χ1) is 15.7. The molecule has 0 radical (unpaired) electrons. The molecular formula is C29H25NS2. The lowest BCUT2D eigenvalue weighted by atomic mass is 10.0. The van der Waals surface area contributed by atoms with E-state index in [1.807, 2.05) is 0 Å². The first kappa shape index (κ1) is 21.1. The van der Waals surface area contributed by atoms with Crippen LogP contribution in [0.3, 0.4) is 0 Å². The van der Waals surface area contributed by atoms with E-state index in [1.54, 1.807) is 0 Å². The van der Waals surface area contributed by atoms with Crippen molar-refractivity contribution in [2.75, 3.05) is 0 Å². The Morgan fingerprint density at radius 2 is 0.938 bits per heavy atom. The van der Waals surface area contributed by atoms with Gasteiger partial charge >= 0.3 is 0 Å². The molecule has 0 fully saturated rings. The van der Waals surface area contributed by atoms with Gasteiger partial charge in [0.25, 0.3) is 0 Å². The smallest absolute Gasteiger partial charge is 0.0258 e. The normalized spacial score (nSPS) is 11.5. The van der Waals surface area contributed by atoms with Crippen LogP contribution in [-0.2, 0) is 19.6 Å². The zero-order chi connectivity index (χ0) is 21.9. The number of rotatable bonds is 6. The van der Waals surface area contributed by atoms with Crippen molar-refractivity contribution in [1.29, 1.82) is 0 Å². The van der Waals surface area contributed by atoms with Crippen LogP contribution in [0, 0.1) is 0 Å². The second kappa shape index (κ2) is 9.41. The maximum absolute atomic E-state index is 4.84. The quantitative estimate of drug-likeness (QED) is 0.249. The zero-order valence-corrected chi connectivity index (χ0v) is 19.6. The van der Waals surface area contributed by atoms with Crippen molar-refractivity contribution in [3.05, 3.63) is 120 Å². The Balaban J connectivity index is 1.57. The molecule has 0 bridgehead atoms. The molecule has 0 amide bonds. The minimum absolute atomic E-state index is 0.811. The minimum atomic E-state index is 0.811. The highest BCUT2D eigenvalue weighted by molar-refractivity contribution is 7.80. The average Bonchev–Trinajstić information content (AvgIpc) is 2.83. The second-order valence-corrected chi connectivity index (χ2v) is 9.16. The van der Waals surface area contributed by atoms with Gasteiger partial charge in [-0.25, -0.2) is 0 Å². The number of hydrogen-bond donors (Lipinski definition) is 2. The summed E-state index contributed by atoms with van der Waals surface area (Å²) in [5, 5.41) is 5.03. The molecule has 5 aromatic rings. The lowest BCUT2D eigenvalue weighted by molar-refractivity contribution is 0.246. The van der Waals surface area contributed by atoms with Gasteiger partial charge < -0.3 is 0 Å². The maximum Gasteiger partial charge on any atom is 0.0258 e. The van der Waals surface area contributed by atoms with Crippen molar-refractivity contribution in [1.82, 2.24) is 4.90 Å². The van der Waals surface area contributed by atoms with Gasteiger partial charge in [0.15, 0.2) is 0 Å². The van der Waals surface area contributed by atoms with Crippen LogP contribution >= 0.6 is 25.3 Å². The Morgan fingerprint density at radius 3 is 1.47 bits per heavy atom. The predicted molar refractivity (Wildman–Crippen MR) is 142 cm³/mol. The highest BCUT2D eigenvalue weighted by Crippen LogP contribution is 2.30. The Hall–Kier alpha value is -2.72.